The lowest BCUT2D eigenvalue weighted by Crippen LogP contribution is -2.40. The monoisotopic (exact) mass is 435 g/mol. The minimum Gasteiger partial charge on any atom is -0.451 e. The topological polar surface area (TPSA) is 109 Å². The summed E-state index contributed by atoms with van der Waals surface area (Å²) in [6, 6.07) is 10.5. The molecule has 30 heavy (non-hydrogen) atoms. The molecular weight excluding hydrogens is 410 g/mol. The summed E-state index contributed by atoms with van der Waals surface area (Å²) in [7, 11) is -2.09. The van der Waals surface area contributed by atoms with Gasteiger partial charge in [0.25, 0.3) is 5.91 Å². The number of carbonyl (C=O) groups is 2. The summed E-state index contributed by atoms with van der Waals surface area (Å²) in [5.41, 5.74) is 0.926. The quantitative estimate of drug-likeness (QED) is 0.659. The number of ether oxygens (including phenoxy) is 2. The van der Waals surface area contributed by atoms with Crippen LogP contribution in [0, 0.1) is 0 Å². The van der Waals surface area contributed by atoms with Crippen molar-refractivity contribution in [3.05, 3.63) is 53.9 Å². The number of rotatable bonds is 7. The van der Waals surface area contributed by atoms with Crippen LogP contribution in [0.2, 0.25) is 0 Å². The molecule has 1 atom stereocenters. The number of morpholine rings is 1. The molecule has 0 aliphatic carbocycles. The lowest BCUT2D eigenvalue weighted by molar-refractivity contribution is -0.135. The van der Waals surface area contributed by atoms with Crippen molar-refractivity contribution in [2.75, 3.05) is 40.0 Å². The maximum Gasteiger partial charge on any atom is 0.355 e. The van der Waals surface area contributed by atoms with Gasteiger partial charge >= 0.3 is 5.97 Å². The van der Waals surface area contributed by atoms with Crippen LogP contribution < -0.4 is 0 Å². The molecule has 1 amide bonds. The van der Waals surface area contributed by atoms with E-state index in [1.807, 2.05) is 37.3 Å². The van der Waals surface area contributed by atoms with Crippen LogP contribution >= 0.6 is 0 Å². The van der Waals surface area contributed by atoms with E-state index in [4.69, 9.17) is 9.47 Å². The molecule has 0 saturated carbocycles. The van der Waals surface area contributed by atoms with Gasteiger partial charge in [-0.15, -0.1) is 0 Å². The summed E-state index contributed by atoms with van der Waals surface area (Å²) in [6.07, 6.45) is 1.24. The normalized spacial score (nSPS) is 16.1. The minimum absolute atomic E-state index is 0.0301. The van der Waals surface area contributed by atoms with Gasteiger partial charge in [0, 0.05) is 26.3 Å². The van der Waals surface area contributed by atoms with Crippen molar-refractivity contribution in [2.24, 2.45) is 0 Å². The van der Waals surface area contributed by atoms with Crippen LogP contribution in [0.25, 0.3) is 0 Å². The number of nitrogens with zero attached hydrogens (tertiary/aromatic N) is 2. The number of H-pyrrole nitrogens is 1. The summed E-state index contributed by atoms with van der Waals surface area (Å²) >= 11 is 0. The van der Waals surface area contributed by atoms with Crippen LogP contribution in [0.4, 0.5) is 0 Å². The number of likely N-dealkylation sites (N-methyl/N-ethyl adjacent to an activating group) is 1. The van der Waals surface area contributed by atoms with E-state index in [1.54, 1.807) is 7.05 Å². The smallest absolute Gasteiger partial charge is 0.355 e. The van der Waals surface area contributed by atoms with Gasteiger partial charge in [-0.2, -0.15) is 4.31 Å². The summed E-state index contributed by atoms with van der Waals surface area (Å²) in [6.45, 7) is 2.60. The molecule has 1 aromatic carbocycles. The van der Waals surface area contributed by atoms with Crippen LogP contribution in [-0.4, -0.2) is 74.4 Å². The van der Waals surface area contributed by atoms with E-state index in [9.17, 15) is 18.0 Å². The predicted octanol–water partition coefficient (Wildman–Crippen LogP) is 1.41. The molecule has 1 aromatic heterocycles. The lowest BCUT2D eigenvalue weighted by Gasteiger charge is -2.25. The van der Waals surface area contributed by atoms with Gasteiger partial charge in [0.2, 0.25) is 10.0 Å². The predicted molar refractivity (Wildman–Crippen MR) is 108 cm³/mol. The first-order valence-corrected chi connectivity index (χ1v) is 11.0. The second-order valence-corrected chi connectivity index (χ2v) is 8.87. The minimum atomic E-state index is -3.72. The highest BCUT2D eigenvalue weighted by Gasteiger charge is 2.28. The van der Waals surface area contributed by atoms with E-state index in [-0.39, 0.29) is 35.6 Å². The number of aromatic amines is 1. The third kappa shape index (κ3) is 4.89. The van der Waals surface area contributed by atoms with Crippen LogP contribution in [0.15, 0.2) is 47.5 Å². The molecule has 162 valence electrons. The highest BCUT2D eigenvalue weighted by atomic mass is 32.2. The van der Waals surface area contributed by atoms with Gasteiger partial charge in [-0.1, -0.05) is 30.3 Å². The molecular formula is C20H25N3O6S. The number of benzene rings is 1. The lowest BCUT2D eigenvalue weighted by atomic mass is 10.1. The molecule has 0 bridgehead atoms. The standard InChI is InChI=1S/C20H25N3O6S/c1-15(16-6-4-3-5-7-16)22(2)19(24)14-29-20(25)18-12-17(13-21-18)30(26,27)23-8-10-28-11-9-23/h3-7,12-13,15,21H,8-11,14H2,1-2H3. The Balaban J connectivity index is 1.58. The van der Waals surface area contributed by atoms with E-state index in [1.165, 1.54) is 21.5 Å². The Kier molecular flexibility index (Phi) is 6.91. The first-order chi connectivity index (χ1) is 14.3. The fourth-order valence-electron chi connectivity index (χ4n) is 3.06. The maximum absolute atomic E-state index is 12.6. The highest BCUT2D eigenvalue weighted by molar-refractivity contribution is 7.89. The maximum atomic E-state index is 12.6. The number of sulfonamides is 1. The Hall–Kier alpha value is -2.69. The van der Waals surface area contributed by atoms with E-state index < -0.39 is 22.6 Å². The van der Waals surface area contributed by atoms with Gasteiger partial charge < -0.3 is 19.4 Å². The summed E-state index contributed by atoms with van der Waals surface area (Å²) in [5, 5.41) is 0. The number of hydrogen-bond donors (Lipinski definition) is 1. The number of carbonyl (C=O) groups excluding carboxylic acids is 2. The van der Waals surface area contributed by atoms with Gasteiger partial charge in [0.15, 0.2) is 6.61 Å². The highest BCUT2D eigenvalue weighted by Crippen LogP contribution is 2.20. The largest absolute Gasteiger partial charge is 0.451 e. The summed E-state index contributed by atoms with van der Waals surface area (Å²) < 4.78 is 36.8. The Labute approximate surface area is 175 Å². The number of hydrogen-bond acceptors (Lipinski definition) is 6. The van der Waals surface area contributed by atoms with Crippen molar-refractivity contribution in [3.63, 3.8) is 0 Å². The van der Waals surface area contributed by atoms with Crippen LogP contribution in [0.3, 0.4) is 0 Å². The molecule has 2 heterocycles. The number of amides is 1. The molecule has 0 spiro atoms. The molecule has 0 radical (unpaired) electrons. The van der Waals surface area contributed by atoms with E-state index in [2.05, 4.69) is 4.98 Å². The fraction of sp³-hybridized carbons (Fsp3) is 0.400. The van der Waals surface area contributed by atoms with Gasteiger partial charge in [0.1, 0.15) is 10.6 Å². The van der Waals surface area contributed by atoms with Gasteiger partial charge in [-0.05, 0) is 18.6 Å². The molecule has 1 unspecified atom stereocenters. The van der Waals surface area contributed by atoms with Crippen LogP contribution in [0.1, 0.15) is 29.0 Å². The van der Waals surface area contributed by atoms with Gasteiger partial charge in [-0.3, -0.25) is 4.79 Å². The van der Waals surface area contributed by atoms with E-state index in [0.29, 0.717) is 13.2 Å². The average molecular weight is 436 g/mol. The van der Waals surface area contributed by atoms with Crippen LogP contribution in [-0.2, 0) is 24.3 Å². The molecule has 1 N–H and O–H groups in total. The SMILES string of the molecule is CC(c1ccccc1)N(C)C(=O)COC(=O)c1cc(S(=O)(=O)N2CCOCC2)c[nH]1. The van der Waals surface area contributed by atoms with Crippen molar-refractivity contribution >= 4 is 21.9 Å². The van der Waals surface area contributed by atoms with E-state index in [0.717, 1.165) is 5.56 Å². The zero-order chi connectivity index (χ0) is 21.7. The van der Waals surface area contributed by atoms with Crippen molar-refractivity contribution in [2.45, 2.75) is 17.9 Å². The first-order valence-electron chi connectivity index (χ1n) is 9.54. The average Bonchev–Trinajstić information content (AvgIpc) is 3.29. The van der Waals surface area contributed by atoms with Crippen LogP contribution in [0.5, 0.6) is 0 Å². The summed E-state index contributed by atoms with van der Waals surface area (Å²) in [4.78, 5) is 28.7. The Morgan fingerprint density at radius 2 is 1.90 bits per heavy atom. The molecule has 2 aromatic rings. The Bertz CT molecular complexity index is 983. The number of esters is 1. The molecule has 1 fully saturated rings. The molecule has 10 heteroatoms. The van der Waals surface area contributed by atoms with E-state index >= 15 is 0 Å². The fourth-order valence-corrected chi connectivity index (χ4v) is 4.46. The third-order valence-electron chi connectivity index (χ3n) is 5.07. The summed E-state index contributed by atoms with van der Waals surface area (Å²) in [5.74, 6) is -1.17. The number of nitrogens with one attached hydrogen (secondary N) is 1. The second kappa shape index (κ2) is 9.41. The first kappa shape index (κ1) is 22.0. The second-order valence-electron chi connectivity index (χ2n) is 6.93. The third-order valence-corrected chi connectivity index (χ3v) is 6.94. The molecule has 9 nitrogen and oxygen atoms in total. The van der Waals surface area contributed by atoms with Crippen molar-refractivity contribution in [3.8, 4) is 0 Å². The van der Waals surface area contributed by atoms with Crippen molar-refractivity contribution in [1.29, 1.82) is 0 Å². The zero-order valence-electron chi connectivity index (χ0n) is 16.9. The zero-order valence-corrected chi connectivity index (χ0v) is 17.7. The molecule has 1 aliphatic rings. The number of aromatic nitrogens is 1. The van der Waals surface area contributed by atoms with Crippen molar-refractivity contribution in [1.82, 2.24) is 14.2 Å². The molecule has 1 aliphatic heterocycles. The van der Waals surface area contributed by atoms with Gasteiger partial charge in [0.05, 0.1) is 19.3 Å². The van der Waals surface area contributed by atoms with Crippen molar-refractivity contribution < 1.29 is 27.5 Å². The van der Waals surface area contributed by atoms with Gasteiger partial charge in [-0.25, -0.2) is 13.2 Å². The Morgan fingerprint density at radius 3 is 2.57 bits per heavy atom. The molecule has 1 saturated heterocycles. The Morgan fingerprint density at radius 1 is 1.23 bits per heavy atom. The molecule has 3 rings (SSSR count).